The lowest BCUT2D eigenvalue weighted by Gasteiger charge is -2.33. The standard InChI is InChI=1S/C19H23N7O2S2/c1-19(2,3)15-12-26-17(22-15)29-18(23-26)24-7-9-25(10-8-24)30(27,28)14-11-21-16-13(14)5-4-6-20-16/h4-6,11-12H,7-10H2,1-3H3,(H,20,21). The number of hydrogen-bond acceptors (Lipinski definition) is 7. The first kappa shape index (κ1) is 19.5. The minimum Gasteiger partial charge on any atom is -0.345 e. The molecule has 1 aliphatic rings. The first-order chi connectivity index (χ1) is 14.2. The lowest BCUT2D eigenvalue weighted by Crippen LogP contribution is -2.48. The molecule has 1 fully saturated rings. The minimum atomic E-state index is -3.59. The second kappa shape index (κ2) is 6.76. The van der Waals surface area contributed by atoms with Crippen molar-refractivity contribution in [2.24, 2.45) is 0 Å². The predicted molar refractivity (Wildman–Crippen MR) is 117 cm³/mol. The summed E-state index contributed by atoms with van der Waals surface area (Å²) >= 11 is 1.53. The molecule has 5 heterocycles. The summed E-state index contributed by atoms with van der Waals surface area (Å²) in [6, 6.07) is 3.52. The zero-order valence-corrected chi connectivity index (χ0v) is 18.7. The Bertz CT molecular complexity index is 1290. The Morgan fingerprint density at radius 3 is 2.63 bits per heavy atom. The van der Waals surface area contributed by atoms with E-state index < -0.39 is 10.0 Å². The van der Waals surface area contributed by atoms with Gasteiger partial charge in [0.2, 0.25) is 20.1 Å². The van der Waals surface area contributed by atoms with Gasteiger partial charge in [-0.15, -0.1) is 5.10 Å². The van der Waals surface area contributed by atoms with Gasteiger partial charge in [0.1, 0.15) is 10.5 Å². The Labute approximate surface area is 178 Å². The number of nitrogens with one attached hydrogen (secondary N) is 1. The van der Waals surface area contributed by atoms with Crippen molar-refractivity contribution < 1.29 is 8.42 Å². The van der Waals surface area contributed by atoms with Crippen molar-refractivity contribution in [1.29, 1.82) is 0 Å². The van der Waals surface area contributed by atoms with Crippen LogP contribution in [-0.2, 0) is 15.4 Å². The topological polar surface area (TPSA) is 99.5 Å². The number of pyridine rings is 1. The number of hydrogen-bond donors (Lipinski definition) is 1. The molecule has 0 saturated carbocycles. The maximum atomic E-state index is 13.2. The number of rotatable bonds is 3. The van der Waals surface area contributed by atoms with Crippen molar-refractivity contribution in [1.82, 2.24) is 28.9 Å². The molecule has 158 valence electrons. The molecule has 0 unspecified atom stereocenters. The molecule has 0 aromatic carbocycles. The van der Waals surface area contributed by atoms with Crippen molar-refractivity contribution in [3.63, 3.8) is 0 Å². The van der Waals surface area contributed by atoms with E-state index in [2.05, 4.69) is 40.7 Å². The fraction of sp³-hybridized carbons (Fsp3) is 0.421. The van der Waals surface area contributed by atoms with Gasteiger partial charge in [0.25, 0.3) is 0 Å². The molecule has 11 heteroatoms. The van der Waals surface area contributed by atoms with Gasteiger partial charge in [0.05, 0.1) is 11.9 Å². The van der Waals surface area contributed by atoms with Crippen molar-refractivity contribution in [2.75, 3.05) is 31.1 Å². The van der Waals surface area contributed by atoms with Crippen LogP contribution in [0.15, 0.2) is 35.6 Å². The Balaban J connectivity index is 1.33. The molecule has 0 aliphatic carbocycles. The quantitative estimate of drug-likeness (QED) is 0.520. The van der Waals surface area contributed by atoms with E-state index >= 15 is 0 Å². The number of nitrogens with zero attached hydrogens (tertiary/aromatic N) is 6. The molecule has 1 N–H and O–H groups in total. The highest BCUT2D eigenvalue weighted by atomic mass is 32.2. The van der Waals surface area contributed by atoms with Gasteiger partial charge in [-0.25, -0.2) is 22.9 Å². The molecule has 1 aliphatic heterocycles. The fourth-order valence-corrected chi connectivity index (χ4v) is 6.09. The van der Waals surface area contributed by atoms with Crippen molar-refractivity contribution in [3.8, 4) is 0 Å². The first-order valence-electron chi connectivity index (χ1n) is 9.77. The molecular formula is C19H23N7O2S2. The Morgan fingerprint density at radius 2 is 1.93 bits per heavy atom. The van der Waals surface area contributed by atoms with E-state index in [0.29, 0.717) is 37.2 Å². The van der Waals surface area contributed by atoms with E-state index in [0.717, 1.165) is 15.8 Å². The third-order valence-corrected chi connectivity index (χ3v) is 8.26. The highest BCUT2D eigenvalue weighted by Crippen LogP contribution is 2.30. The summed E-state index contributed by atoms with van der Waals surface area (Å²) in [7, 11) is -3.59. The molecule has 9 nitrogen and oxygen atoms in total. The van der Waals surface area contributed by atoms with Gasteiger partial charge in [-0.3, -0.25) is 0 Å². The van der Waals surface area contributed by atoms with Crippen LogP contribution in [0.25, 0.3) is 16.0 Å². The molecule has 0 spiro atoms. The molecule has 4 aromatic rings. The van der Waals surface area contributed by atoms with Gasteiger partial charge >= 0.3 is 0 Å². The van der Waals surface area contributed by atoms with Crippen LogP contribution >= 0.6 is 11.3 Å². The van der Waals surface area contributed by atoms with Crippen molar-refractivity contribution in [3.05, 3.63) is 36.4 Å². The van der Waals surface area contributed by atoms with Crippen LogP contribution in [0.1, 0.15) is 26.5 Å². The van der Waals surface area contributed by atoms with Crippen molar-refractivity contribution in [2.45, 2.75) is 31.1 Å². The second-order valence-corrected chi connectivity index (χ2v) is 11.3. The molecule has 0 atom stereocenters. The molecule has 0 amide bonds. The molecule has 30 heavy (non-hydrogen) atoms. The summed E-state index contributed by atoms with van der Waals surface area (Å²) in [6.07, 6.45) is 5.15. The Kier molecular flexibility index (Phi) is 4.38. The summed E-state index contributed by atoms with van der Waals surface area (Å²) in [5.41, 5.74) is 1.57. The Hall–Kier alpha value is -2.50. The molecule has 0 bridgehead atoms. The third-order valence-electron chi connectivity index (χ3n) is 5.34. The number of aromatic amines is 1. The summed E-state index contributed by atoms with van der Waals surface area (Å²) in [4.78, 5) is 15.1. The van der Waals surface area contributed by atoms with Gasteiger partial charge in [0.15, 0.2) is 0 Å². The monoisotopic (exact) mass is 445 g/mol. The lowest BCUT2D eigenvalue weighted by molar-refractivity contribution is 0.385. The zero-order chi connectivity index (χ0) is 21.1. The van der Waals surface area contributed by atoms with E-state index in [-0.39, 0.29) is 10.3 Å². The first-order valence-corrected chi connectivity index (χ1v) is 12.0. The van der Waals surface area contributed by atoms with Crippen LogP contribution in [0.5, 0.6) is 0 Å². The number of anilines is 1. The highest BCUT2D eigenvalue weighted by molar-refractivity contribution is 7.89. The molecule has 4 aromatic heterocycles. The van der Waals surface area contributed by atoms with Crippen LogP contribution in [0, 0.1) is 0 Å². The van der Waals surface area contributed by atoms with Gasteiger partial charge < -0.3 is 9.88 Å². The maximum absolute atomic E-state index is 13.2. The fourth-order valence-electron chi connectivity index (χ4n) is 3.58. The van der Waals surface area contributed by atoms with E-state index in [1.165, 1.54) is 21.8 Å². The average molecular weight is 446 g/mol. The van der Waals surface area contributed by atoms with Crippen molar-refractivity contribution >= 4 is 42.5 Å². The van der Waals surface area contributed by atoms with E-state index in [1.807, 2.05) is 10.7 Å². The maximum Gasteiger partial charge on any atom is 0.245 e. The highest BCUT2D eigenvalue weighted by Gasteiger charge is 2.31. The minimum absolute atomic E-state index is 0.0223. The predicted octanol–water partition coefficient (Wildman–Crippen LogP) is 2.48. The van der Waals surface area contributed by atoms with Gasteiger partial charge in [0, 0.05) is 49.4 Å². The van der Waals surface area contributed by atoms with Crippen LogP contribution < -0.4 is 4.90 Å². The van der Waals surface area contributed by atoms with Gasteiger partial charge in [-0.1, -0.05) is 32.1 Å². The Morgan fingerprint density at radius 1 is 1.17 bits per heavy atom. The number of aromatic nitrogens is 5. The summed E-state index contributed by atoms with van der Waals surface area (Å²) in [5, 5.41) is 6.15. The molecular weight excluding hydrogens is 422 g/mol. The summed E-state index contributed by atoms with van der Waals surface area (Å²) < 4.78 is 29.7. The average Bonchev–Trinajstić information content (AvgIpc) is 3.40. The SMILES string of the molecule is CC(C)(C)c1cn2nc(N3CCN(S(=O)(=O)c4c[nH]c5ncccc45)CC3)sc2n1. The summed E-state index contributed by atoms with van der Waals surface area (Å²) in [5.74, 6) is 0. The number of piperazine rings is 1. The van der Waals surface area contributed by atoms with Crippen LogP contribution in [0.3, 0.4) is 0 Å². The number of sulfonamides is 1. The summed E-state index contributed by atoms with van der Waals surface area (Å²) in [6.45, 7) is 8.37. The largest absolute Gasteiger partial charge is 0.345 e. The van der Waals surface area contributed by atoms with E-state index in [9.17, 15) is 8.42 Å². The number of fused-ring (bicyclic) bond motifs is 2. The molecule has 1 saturated heterocycles. The van der Waals surface area contributed by atoms with Gasteiger partial charge in [-0.05, 0) is 12.1 Å². The van der Waals surface area contributed by atoms with E-state index in [4.69, 9.17) is 4.98 Å². The second-order valence-electron chi connectivity index (χ2n) is 8.43. The van der Waals surface area contributed by atoms with Crippen LogP contribution in [-0.4, -0.2) is 63.5 Å². The molecule has 0 radical (unpaired) electrons. The van der Waals surface area contributed by atoms with Crippen LogP contribution in [0.2, 0.25) is 0 Å². The smallest absolute Gasteiger partial charge is 0.245 e. The third kappa shape index (κ3) is 3.17. The molecule has 5 rings (SSSR count). The zero-order valence-electron chi connectivity index (χ0n) is 17.0. The number of H-pyrrole nitrogens is 1. The number of imidazole rings is 1. The van der Waals surface area contributed by atoms with Gasteiger partial charge in [-0.2, -0.15) is 4.31 Å². The van der Waals surface area contributed by atoms with E-state index in [1.54, 1.807) is 18.3 Å². The normalized spacial score (nSPS) is 16.7. The van der Waals surface area contributed by atoms with Crippen LogP contribution in [0.4, 0.5) is 5.13 Å². The lowest BCUT2D eigenvalue weighted by atomic mass is 9.93.